The summed E-state index contributed by atoms with van der Waals surface area (Å²) in [5.74, 6) is -1.02. The molecule has 0 aromatic heterocycles. The van der Waals surface area contributed by atoms with Crippen LogP contribution in [0.4, 0.5) is 5.69 Å². The first-order valence-electron chi connectivity index (χ1n) is 10.8. The van der Waals surface area contributed by atoms with Gasteiger partial charge in [0, 0.05) is 7.05 Å². The smallest absolute Gasteiger partial charge is 0.305 e. The monoisotopic (exact) mass is 442 g/mol. The van der Waals surface area contributed by atoms with Crippen LogP contribution >= 0.6 is 0 Å². The van der Waals surface area contributed by atoms with Crippen molar-refractivity contribution in [2.24, 2.45) is 0 Å². The average molecular weight is 443 g/mol. The Kier molecular flexibility index (Phi) is 10.8. The zero-order valence-electron chi connectivity index (χ0n) is 19.2. The van der Waals surface area contributed by atoms with Gasteiger partial charge in [-0.15, -0.1) is 0 Å². The fourth-order valence-corrected chi connectivity index (χ4v) is 4.56. The Balaban J connectivity index is 2.77. The average Bonchev–Trinajstić information content (AvgIpc) is 2.62. The van der Waals surface area contributed by atoms with Crippen LogP contribution in [0, 0.1) is 0 Å². The summed E-state index contributed by atoms with van der Waals surface area (Å²) in [5.41, 5.74) is 1.60. The van der Waals surface area contributed by atoms with E-state index in [1.165, 1.54) is 39.2 Å². The highest BCUT2D eigenvalue weighted by atomic mass is 32.2. The number of hydrogen-bond acceptors (Lipinski definition) is 3. The van der Waals surface area contributed by atoms with Crippen molar-refractivity contribution >= 4 is 21.9 Å². The Bertz CT molecular complexity index is 760. The van der Waals surface area contributed by atoms with Gasteiger partial charge in [0.1, 0.15) is 0 Å². The molecule has 0 saturated carbocycles. The highest BCUT2D eigenvalue weighted by Gasteiger charge is 2.32. The quantitative estimate of drug-likeness (QED) is 0.320. The van der Waals surface area contributed by atoms with E-state index in [0.29, 0.717) is 16.7 Å². The molecule has 1 atom stereocenters. The second-order valence-corrected chi connectivity index (χ2v) is 10.8. The Morgan fingerprint density at radius 1 is 1.13 bits per heavy atom. The van der Waals surface area contributed by atoms with Crippen LogP contribution in [0.1, 0.15) is 57.4 Å². The van der Waals surface area contributed by atoms with Crippen molar-refractivity contribution in [3.63, 3.8) is 0 Å². The number of carbonyl (C=O) groups is 1. The lowest BCUT2D eigenvalue weighted by molar-refractivity contribution is -0.872. The molecule has 0 saturated heterocycles. The fourth-order valence-electron chi connectivity index (χ4n) is 3.46. The van der Waals surface area contributed by atoms with Gasteiger partial charge in [0.05, 0.1) is 45.8 Å². The molecule has 30 heavy (non-hydrogen) atoms. The van der Waals surface area contributed by atoms with Gasteiger partial charge in [0.25, 0.3) is 0 Å². The van der Waals surface area contributed by atoms with Crippen LogP contribution in [0.2, 0.25) is 0 Å². The summed E-state index contributed by atoms with van der Waals surface area (Å²) < 4.78 is 30.0. The lowest BCUT2D eigenvalue weighted by Gasteiger charge is -2.33. The van der Waals surface area contributed by atoms with Crippen molar-refractivity contribution in [1.29, 1.82) is 0 Å². The third-order valence-electron chi connectivity index (χ3n) is 5.05. The summed E-state index contributed by atoms with van der Waals surface area (Å²) >= 11 is 0. The van der Waals surface area contributed by atoms with Gasteiger partial charge in [-0.2, -0.15) is 12.7 Å². The van der Waals surface area contributed by atoms with Crippen molar-refractivity contribution in [1.82, 2.24) is 4.31 Å². The normalized spacial score (nSPS) is 13.4. The van der Waals surface area contributed by atoms with Crippen molar-refractivity contribution in [3.8, 4) is 0 Å². The number of carboxylic acid groups (broad SMARTS) is 1. The van der Waals surface area contributed by atoms with Gasteiger partial charge in [0.15, 0.2) is 0 Å². The maximum atomic E-state index is 12.9. The number of rotatable bonds is 15. The van der Waals surface area contributed by atoms with E-state index in [2.05, 4.69) is 11.6 Å². The van der Waals surface area contributed by atoms with Gasteiger partial charge in [-0.3, -0.25) is 9.52 Å². The van der Waals surface area contributed by atoms with E-state index in [1.807, 2.05) is 39.3 Å². The third-order valence-corrected chi connectivity index (χ3v) is 6.60. The number of anilines is 1. The predicted molar refractivity (Wildman–Crippen MR) is 123 cm³/mol. The summed E-state index contributed by atoms with van der Waals surface area (Å²) in [4.78, 5) is 11.3. The van der Waals surface area contributed by atoms with Crippen molar-refractivity contribution in [2.75, 3.05) is 39.5 Å². The number of nitrogens with zero attached hydrogens (tertiary/aromatic N) is 2. The van der Waals surface area contributed by atoms with Crippen LogP contribution in [0.25, 0.3) is 0 Å². The van der Waals surface area contributed by atoms with Gasteiger partial charge in [0.2, 0.25) is 0 Å². The number of aliphatic carboxylic acids is 1. The third kappa shape index (κ3) is 10.4. The van der Waals surface area contributed by atoms with Gasteiger partial charge < -0.3 is 9.59 Å². The van der Waals surface area contributed by atoms with E-state index < -0.39 is 22.2 Å². The maximum Gasteiger partial charge on any atom is 0.305 e. The molecule has 0 radical (unpaired) electrons. The van der Waals surface area contributed by atoms with Crippen LogP contribution in [0.3, 0.4) is 0 Å². The number of aryl methyl sites for hydroxylation is 1. The molecule has 0 fully saturated rings. The van der Waals surface area contributed by atoms with E-state index >= 15 is 0 Å². The lowest BCUT2D eigenvalue weighted by atomic mass is 10.0. The summed E-state index contributed by atoms with van der Waals surface area (Å²) in [6.45, 7) is 2.60. The number of hydrogen-bond donors (Lipinski definition) is 2. The number of benzene rings is 1. The van der Waals surface area contributed by atoms with E-state index in [0.717, 1.165) is 22.7 Å². The molecule has 172 valence electrons. The molecule has 0 aliphatic rings. The number of quaternary nitrogens is 1. The molecule has 0 heterocycles. The minimum absolute atomic E-state index is 0.245. The zero-order chi connectivity index (χ0) is 22.8. The number of likely N-dealkylation sites (N-methyl/N-ethyl adjacent to an activating group) is 2. The van der Waals surface area contributed by atoms with Gasteiger partial charge in [-0.25, -0.2) is 0 Å². The van der Waals surface area contributed by atoms with Gasteiger partial charge in [-0.05, 0) is 30.5 Å². The van der Waals surface area contributed by atoms with Crippen LogP contribution in [-0.4, -0.2) is 69.1 Å². The molecular weight excluding hydrogens is 402 g/mol. The minimum atomic E-state index is -3.87. The maximum absolute atomic E-state index is 12.9. The largest absolute Gasteiger partial charge is 0.481 e. The van der Waals surface area contributed by atoms with Crippen molar-refractivity contribution in [2.45, 2.75) is 64.3 Å². The molecule has 1 aromatic rings. The number of unbranched alkanes of at least 4 members (excludes halogenated alkanes) is 5. The SMILES string of the molecule is CCCCCCCCc1cccc(NS(=O)(=O)N(C)[C@H](CC(=O)O)C[N+](C)(C)C)c1. The summed E-state index contributed by atoms with van der Waals surface area (Å²) in [5, 5.41) is 9.22. The minimum Gasteiger partial charge on any atom is -0.481 e. The predicted octanol–water partition coefficient (Wildman–Crippen LogP) is 3.73. The Morgan fingerprint density at radius 2 is 1.77 bits per heavy atom. The van der Waals surface area contributed by atoms with Crippen molar-refractivity contribution < 1.29 is 22.8 Å². The molecule has 8 heteroatoms. The summed E-state index contributed by atoms with van der Waals surface area (Å²) in [6, 6.07) is 6.81. The number of carboxylic acids is 1. The van der Waals surface area contributed by atoms with Gasteiger partial charge >= 0.3 is 16.2 Å². The molecule has 0 aliphatic heterocycles. The highest BCUT2D eigenvalue weighted by molar-refractivity contribution is 7.90. The summed E-state index contributed by atoms with van der Waals surface area (Å²) in [7, 11) is 3.30. The van der Waals surface area contributed by atoms with E-state index in [4.69, 9.17) is 0 Å². The van der Waals surface area contributed by atoms with E-state index in [-0.39, 0.29) is 6.42 Å². The van der Waals surface area contributed by atoms with Crippen LogP contribution in [-0.2, 0) is 21.4 Å². The van der Waals surface area contributed by atoms with Crippen LogP contribution in [0.5, 0.6) is 0 Å². The van der Waals surface area contributed by atoms with E-state index in [1.54, 1.807) is 6.07 Å². The molecule has 7 nitrogen and oxygen atoms in total. The fraction of sp³-hybridized carbons (Fsp3) is 0.682. The number of nitrogens with one attached hydrogen (secondary N) is 1. The second-order valence-electron chi connectivity index (χ2n) is 9.07. The topological polar surface area (TPSA) is 86.7 Å². The highest BCUT2D eigenvalue weighted by Crippen LogP contribution is 2.18. The van der Waals surface area contributed by atoms with Crippen LogP contribution < -0.4 is 4.72 Å². The van der Waals surface area contributed by atoms with Crippen molar-refractivity contribution in [3.05, 3.63) is 29.8 Å². The Labute approximate surface area is 182 Å². The first-order chi connectivity index (χ1) is 13.9. The zero-order valence-corrected chi connectivity index (χ0v) is 20.0. The van der Waals surface area contributed by atoms with Crippen LogP contribution in [0.15, 0.2) is 24.3 Å². The molecule has 0 bridgehead atoms. The molecule has 1 aromatic carbocycles. The molecule has 0 spiro atoms. The molecular formula is C22H40N3O4S+. The molecule has 0 amide bonds. The molecule has 0 unspecified atom stereocenters. The standard InChI is InChI=1S/C22H39N3O4S/c1-6-7-8-9-10-11-13-19-14-12-15-20(16-19)23-30(28,29)24(2)21(17-22(26)27)18-25(3,4)5/h12,14-16,21,23H,6-11,13,17-18H2,1-5H3/p+1/t21-/m1/s1. The molecule has 2 N–H and O–H groups in total. The Hall–Kier alpha value is -1.64. The lowest BCUT2D eigenvalue weighted by Crippen LogP contribution is -2.51. The Morgan fingerprint density at radius 3 is 2.37 bits per heavy atom. The second kappa shape index (κ2) is 12.3. The molecule has 1 rings (SSSR count). The first-order valence-corrected chi connectivity index (χ1v) is 12.3. The van der Waals surface area contributed by atoms with Gasteiger partial charge in [-0.1, -0.05) is 51.2 Å². The van der Waals surface area contributed by atoms with E-state index in [9.17, 15) is 18.3 Å². The first kappa shape index (κ1) is 26.4. The summed E-state index contributed by atoms with van der Waals surface area (Å²) in [6.07, 6.45) is 7.96. The molecule has 0 aliphatic carbocycles.